The van der Waals surface area contributed by atoms with Gasteiger partial charge in [-0.1, -0.05) is 0 Å². The molecule has 1 aromatic carbocycles. The lowest BCUT2D eigenvalue weighted by molar-refractivity contribution is -0.384. The number of nitrogen functional groups attached to an aromatic ring is 1. The van der Waals surface area contributed by atoms with E-state index in [0.717, 1.165) is 5.56 Å². The number of nitro groups is 1. The molecular formula is C12H13N3O3. The fourth-order valence-corrected chi connectivity index (χ4v) is 1.69. The lowest BCUT2D eigenvalue weighted by atomic mass is 10.2. The quantitative estimate of drug-likeness (QED) is 0.509. The van der Waals surface area contributed by atoms with E-state index in [1.807, 2.05) is 18.0 Å². The molecule has 0 saturated carbocycles. The predicted molar refractivity (Wildman–Crippen MR) is 68.3 cm³/mol. The number of hydrogen-bond acceptors (Lipinski definition) is 5. The summed E-state index contributed by atoms with van der Waals surface area (Å²) >= 11 is 0. The van der Waals surface area contributed by atoms with Crippen molar-refractivity contribution in [1.82, 2.24) is 0 Å². The Kier molecular flexibility index (Phi) is 3.18. The highest BCUT2D eigenvalue weighted by Crippen LogP contribution is 2.25. The molecule has 0 unspecified atom stereocenters. The summed E-state index contributed by atoms with van der Waals surface area (Å²) in [5.74, 6) is 0. The van der Waals surface area contributed by atoms with Gasteiger partial charge in [0.05, 0.1) is 17.4 Å². The average molecular weight is 247 g/mol. The number of hydrogen-bond donors (Lipinski definition) is 1. The van der Waals surface area contributed by atoms with Crippen molar-refractivity contribution in [2.45, 2.75) is 6.54 Å². The first kappa shape index (κ1) is 12.0. The van der Waals surface area contributed by atoms with E-state index < -0.39 is 4.92 Å². The molecule has 2 rings (SSSR count). The summed E-state index contributed by atoms with van der Waals surface area (Å²) in [4.78, 5) is 12.2. The lowest BCUT2D eigenvalue weighted by Gasteiger charge is -2.18. The van der Waals surface area contributed by atoms with Crippen LogP contribution in [0.2, 0.25) is 0 Å². The summed E-state index contributed by atoms with van der Waals surface area (Å²) in [7, 11) is 1.84. The number of non-ortho nitro benzene ring substituents is 1. The molecule has 1 aromatic heterocycles. The number of nitro benzene ring substituents is 1. The Morgan fingerprint density at radius 3 is 2.83 bits per heavy atom. The number of nitrogens with two attached hydrogens (primary N) is 1. The van der Waals surface area contributed by atoms with Crippen molar-refractivity contribution in [2.75, 3.05) is 17.7 Å². The fraction of sp³-hybridized carbons (Fsp3) is 0.167. The summed E-state index contributed by atoms with van der Waals surface area (Å²) in [6.07, 6.45) is 3.22. The molecule has 0 aliphatic rings. The van der Waals surface area contributed by atoms with Crippen LogP contribution in [0.15, 0.2) is 41.2 Å². The first-order valence-electron chi connectivity index (χ1n) is 5.33. The van der Waals surface area contributed by atoms with Gasteiger partial charge in [-0.15, -0.1) is 0 Å². The Hall–Kier alpha value is -2.50. The number of benzene rings is 1. The molecule has 0 atom stereocenters. The van der Waals surface area contributed by atoms with E-state index in [1.165, 1.54) is 12.1 Å². The Morgan fingerprint density at radius 1 is 1.44 bits per heavy atom. The van der Waals surface area contributed by atoms with Gasteiger partial charge in [0.25, 0.3) is 5.69 Å². The fourth-order valence-electron chi connectivity index (χ4n) is 1.69. The van der Waals surface area contributed by atoms with Gasteiger partial charge < -0.3 is 15.1 Å². The molecule has 18 heavy (non-hydrogen) atoms. The molecular weight excluding hydrogens is 234 g/mol. The molecule has 0 fully saturated rings. The molecule has 0 bridgehead atoms. The maximum atomic E-state index is 10.8. The van der Waals surface area contributed by atoms with E-state index in [0.29, 0.717) is 17.9 Å². The zero-order chi connectivity index (χ0) is 13.1. The van der Waals surface area contributed by atoms with E-state index in [-0.39, 0.29) is 5.69 Å². The molecule has 94 valence electrons. The average Bonchev–Trinajstić information content (AvgIpc) is 2.80. The van der Waals surface area contributed by atoms with Crippen LogP contribution in [-0.2, 0) is 6.54 Å². The van der Waals surface area contributed by atoms with Crippen molar-refractivity contribution in [3.05, 3.63) is 52.5 Å². The summed E-state index contributed by atoms with van der Waals surface area (Å²) < 4.78 is 4.98. The van der Waals surface area contributed by atoms with Crippen molar-refractivity contribution in [3.8, 4) is 0 Å². The highest BCUT2D eigenvalue weighted by Gasteiger charge is 2.11. The Bertz CT molecular complexity index is 552. The Labute approximate surface area is 104 Å². The Balaban J connectivity index is 2.24. The molecule has 0 saturated heterocycles. The molecule has 6 nitrogen and oxygen atoms in total. The second kappa shape index (κ2) is 4.79. The molecule has 0 spiro atoms. The Morgan fingerprint density at radius 2 is 2.22 bits per heavy atom. The zero-order valence-corrected chi connectivity index (χ0v) is 9.87. The van der Waals surface area contributed by atoms with Gasteiger partial charge >= 0.3 is 0 Å². The third-order valence-electron chi connectivity index (χ3n) is 2.58. The highest BCUT2D eigenvalue weighted by atomic mass is 16.6. The monoisotopic (exact) mass is 247 g/mol. The van der Waals surface area contributed by atoms with Gasteiger partial charge in [0.1, 0.15) is 0 Å². The van der Waals surface area contributed by atoms with Crippen molar-refractivity contribution < 1.29 is 9.34 Å². The molecule has 6 heteroatoms. The molecule has 0 radical (unpaired) electrons. The van der Waals surface area contributed by atoms with Crippen LogP contribution in [0.5, 0.6) is 0 Å². The number of furan rings is 1. The standard InChI is InChI=1S/C12H13N3O3/c1-14(7-9-2-3-18-8-9)11-4-10(13)5-12(6-11)15(16)17/h2-6,8H,7,13H2,1H3. The van der Waals surface area contributed by atoms with E-state index in [1.54, 1.807) is 18.6 Å². The predicted octanol–water partition coefficient (Wildman–Crippen LogP) is 2.41. The van der Waals surface area contributed by atoms with Crippen LogP contribution in [-0.4, -0.2) is 12.0 Å². The largest absolute Gasteiger partial charge is 0.472 e. The molecule has 0 aliphatic heterocycles. The van der Waals surface area contributed by atoms with Gasteiger partial charge in [0, 0.05) is 42.7 Å². The van der Waals surface area contributed by atoms with Crippen LogP contribution in [0.4, 0.5) is 17.1 Å². The van der Waals surface area contributed by atoms with Gasteiger partial charge in [-0.3, -0.25) is 10.1 Å². The second-order valence-corrected chi connectivity index (χ2v) is 4.03. The minimum absolute atomic E-state index is 0.0101. The molecule has 0 aliphatic carbocycles. The summed E-state index contributed by atoms with van der Waals surface area (Å²) in [6, 6.07) is 6.38. The smallest absolute Gasteiger partial charge is 0.273 e. The van der Waals surface area contributed by atoms with Crippen molar-refractivity contribution in [2.24, 2.45) is 0 Å². The minimum Gasteiger partial charge on any atom is -0.472 e. The van der Waals surface area contributed by atoms with Crippen LogP contribution < -0.4 is 10.6 Å². The topological polar surface area (TPSA) is 85.5 Å². The third kappa shape index (κ3) is 2.60. The van der Waals surface area contributed by atoms with Crippen LogP contribution >= 0.6 is 0 Å². The summed E-state index contributed by atoms with van der Waals surface area (Å²) in [5, 5.41) is 10.8. The van der Waals surface area contributed by atoms with Crippen molar-refractivity contribution >= 4 is 17.1 Å². The maximum Gasteiger partial charge on any atom is 0.273 e. The first-order chi connectivity index (χ1) is 8.56. The minimum atomic E-state index is -0.453. The van der Waals surface area contributed by atoms with E-state index in [4.69, 9.17) is 10.2 Å². The zero-order valence-electron chi connectivity index (χ0n) is 9.87. The summed E-state index contributed by atoms with van der Waals surface area (Å²) in [6.45, 7) is 0.594. The number of rotatable bonds is 4. The highest BCUT2D eigenvalue weighted by molar-refractivity contribution is 5.62. The van der Waals surface area contributed by atoms with Crippen LogP contribution in [0.1, 0.15) is 5.56 Å². The van der Waals surface area contributed by atoms with E-state index in [2.05, 4.69) is 0 Å². The maximum absolute atomic E-state index is 10.8. The molecule has 2 aromatic rings. The lowest BCUT2D eigenvalue weighted by Crippen LogP contribution is -2.16. The van der Waals surface area contributed by atoms with Gasteiger partial charge in [-0.25, -0.2) is 0 Å². The van der Waals surface area contributed by atoms with Crippen LogP contribution in [0.3, 0.4) is 0 Å². The van der Waals surface area contributed by atoms with Gasteiger partial charge in [0.2, 0.25) is 0 Å². The van der Waals surface area contributed by atoms with Gasteiger partial charge in [-0.05, 0) is 12.1 Å². The van der Waals surface area contributed by atoms with E-state index in [9.17, 15) is 10.1 Å². The molecule has 0 amide bonds. The molecule has 1 heterocycles. The third-order valence-corrected chi connectivity index (χ3v) is 2.58. The van der Waals surface area contributed by atoms with Gasteiger partial charge in [-0.2, -0.15) is 0 Å². The SMILES string of the molecule is CN(Cc1ccoc1)c1cc(N)cc([N+](=O)[O-])c1. The molecule has 2 N–H and O–H groups in total. The number of anilines is 2. The van der Waals surface area contributed by atoms with Crippen molar-refractivity contribution in [3.63, 3.8) is 0 Å². The normalized spacial score (nSPS) is 10.3. The summed E-state index contributed by atoms with van der Waals surface area (Å²) in [5.41, 5.74) is 7.71. The van der Waals surface area contributed by atoms with Gasteiger partial charge in [0.15, 0.2) is 0 Å². The first-order valence-corrected chi connectivity index (χ1v) is 5.33. The van der Waals surface area contributed by atoms with E-state index >= 15 is 0 Å². The van der Waals surface area contributed by atoms with Crippen molar-refractivity contribution in [1.29, 1.82) is 0 Å². The number of nitrogens with zero attached hydrogens (tertiary/aromatic N) is 2. The van der Waals surface area contributed by atoms with Crippen LogP contribution in [0.25, 0.3) is 0 Å². The van der Waals surface area contributed by atoms with Crippen LogP contribution in [0, 0.1) is 10.1 Å². The second-order valence-electron chi connectivity index (χ2n) is 4.03.